The van der Waals surface area contributed by atoms with Crippen LogP contribution in [-0.4, -0.2) is 244 Å². The van der Waals surface area contributed by atoms with Gasteiger partial charge in [0.2, 0.25) is 76.8 Å². The van der Waals surface area contributed by atoms with E-state index in [9.17, 15) is 57.8 Å². The predicted octanol–water partition coefficient (Wildman–Crippen LogP) is 3.05. The molecule has 0 radical (unpaired) electrons. The van der Waals surface area contributed by atoms with Gasteiger partial charge in [-0.3, -0.25) is 67.1 Å². The summed E-state index contributed by atoms with van der Waals surface area (Å²) >= 11 is 0. The third-order valence-corrected chi connectivity index (χ3v) is 20.3. The lowest BCUT2D eigenvalue weighted by Gasteiger charge is -2.37. The smallest absolute Gasteiger partial charge is 0.248 e. The second-order valence-corrected chi connectivity index (χ2v) is 31.0. The van der Waals surface area contributed by atoms with E-state index >= 15 is 14.4 Å². The van der Waals surface area contributed by atoms with Crippen molar-refractivity contribution in [2.24, 2.45) is 35.5 Å². The summed E-state index contributed by atoms with van der Waals surface area (Å²) in [6.45, 7) is 22.3. The van der Waals surface area contributed by atoms with Crippen LogP contribution in [-0.2, 0) is 80.0 Å². The quantitative estimate of drug-likeness (QED) is 0.127. The highest BCUT2D eigenvalue weighted by Gasteiger charge is 2.45. The zero-order chi connectivity index (χ0) is 79.1. The van der Waals surface area contributed by atoms with E-state index in [-0.39, 0.29) is 62.8 Å². The minimum atomic E-state index is -1.69. The van der Waals surface area contributed by atoms with Crippen LogP contribution in [0, 0.1) is 35.5 Å². The molecular formula is C78H121N13O15. The van der Waals surface area contributed by atoms with Gasteiger partial charge in [-0.05, 0) is 113 Å². The van der Waals surface area contributed by atoms with Gasteiger partial charge in [0.15, 0.2) is 5.78 Å². The molecule has 0 aromatic heterocycles. The number of nitrogens with zero attached hydrogens (tertiary/aromatic N) is 6. The van der Waals surface area contributed by atoms with Crippen molar-refractivity contribution in [1.29, 1.82) is 0 Å². The van der Waals surface area contributed by atoms with Crippen molar-refractivity contribution in [2.75, 3.05) is 54.4 Å². The van der Waals surface area contributed by atoms with E-state index in [1.807, 2.05) is 48.5 Å². The number of hydrogen-bond donors (Lipinski definition) is 8. The third-order valence-electron chi connectivity index (χ3n) is 20.3. The Morgan fingerprint density at radius 2 is 1.01 bits per heavy atom. The first-order valence-electron chi connectivity index (χ1n) is 37.9. The molecule has 2 aromatic carbocycles. The Labute approximate surface area is 626 Å². The monoisotopic (exact) mass is 1480 g/mol. The largest absolute Gasteiger partial charge is 0.391 e. The summed E-state index contributed by atoms with van der Waals surface area (Å²) in [5.74, 6) is -12.9. The van der Waals surface area contributed by atoms with Gasteiger partial charge in [0.05, 0.1) is 24.6 Å². The molecule has 3 fully saturated rings. The van der Waals surface area contributed by atoms with Gasteiger partial charge >= 0.3 is 0 Å². The number of piperidine rings is 1. The zero-order valence-corrected chi connectivity index (χ0v) is 65.5. The molecule has 588 valence electrons. The van der Waals surface area contributed by atoms with Crippen molar-refractivity contribution in [3.63, 3.8) is 0 Å². The molecule has 0 aliphatic carbocycles. The number of ketones is 1. The van der Waals surface area contributed by atoms with Crippen LogP contribution in [0.4, 0.5) is 0 Å². The summed E-state index contributed by atoms with van der Waals surface area (Å²) in [7, 11) is 5.56. The maximum atomic E-state index is 15.5. The van der Waals surface area contributed by atoms with Gasteiger partial charge < -0.3 is 71.7 Å². The molecule has 0 spiro atoms. The maximum Gasteiger partial charge on any atom is 0.248 e. The first-order valence-corrected chi connectivity index (χ1v) is 37.9. The van der Waals surface area contributed by atoms with Gasteiger partial charge in [-0.25, -0.2) is 0 Å². The van der Waals surface area contributed by atoms with Crippen molar-refractivity contribution in [2.45, 2.75) is 246 Å². The van der Waals surface area contributed by atoms with Crippen molar-refractivity contribution in [1.82, 2.24) is 66.6 Å². The molecule has 14 atom stereocenters. The average Bonchev–Trinajstić information content (AvgIpc) is 1.75. The normalized spacial score (nSPS) is 27.0. The number of fused-ring (bicyclic) bond motifs is 1. The Kier molecular flexibility index (Phi) is 34.2. The van der Waals surface area contributed by atoms with E-state index < -0.39 is 192 Å². The predicted molar refractivity (Wildman–Crippen MR) is 400 cm³/mol. The van der Waals surface area contributed by atoms with E-state index in [1.165, 1.54) is 63.7 Å². The molecule has 0 unspecified atom stereocenters. The Hall–Kier alpha value is -8.82. The highest BCUT2D eigenvalue weighted by molar-refractivity contribution is 6.01. The van der Waals surface area contributed by atoms with Crippen molar-refractivity contribution < 1.29 is 72.2 Å². The van der Waals surface area contributed by atoms with Crippen molar-refractivity contribution in [3.05, 3.63) is 71.8 Å². The van der Waals surface area contributed by atoms with E-state index in [2.05, 4.69) is 37.2 Å². The number of rotatable bonds is 15. The first-order chi connectivity index (χ1) is 49.9. The van der Waals surface area contributed by atoms with Crippen LogP contribution in [0.5, 0.6) is 0 Å². The molecule has 0 saturated carbocycles. The van der Waals surface area contributed by atoms with Crippen LogP contribution in [0.15, 0.2) is 60.7 Å². The van der Waals surface area contributed by atoms with Gasteiger partial charge in [-0.2, -0.15) is 0 Å². The molecule has 28 nitrogen and oxygen atoms in total. The number of hydrogen-bond acceptors (Lipinski definition) is 15. The summed E-state index contributed by atoms with van der Waals surface area (Å²) in [6.07, 6.45) is 0.529. The van der Waals surface area contributed by atoms with Crippen LogP contribution in [0.25, 0.3) is 0 Å². The second kappa shape index (κ2) is 41.3. The molecule has 28 heteroatoms. The number of likely N-dealkylation sites (tertiary alicyclic amines) is 1. The van der Waals surface area contributed by atoms with E-state index in [0.29, 0.717) is 49.9 Å². The van der Waals surface area contributed by atoms with Crippen LogP contribution in [0.1, 0.15) is 172 Å². The van der Waals surface area contributed by atoms with Crippen molar-refractivity contribution in [3.8, 4) is 0 Å². The molecule has 0 bridgehead atoms. The fourth-order valence-electron chi connectivity index (χ4n) is 14.1. The lowest BCUT2D eigenvalue weighted by molar-refractivity contribution is -0.148. The van der Waals surface area contributed by atoms with Crippen LogP contribution >= 0.6 is 0 Å². The molecule has 3 aliphatic heterocycles. The zero-order valence-electron chi connectivity index (χ0n) is 65.5. The molecule has 3 heterocycles. The average molecular weight is 1480 g/mol. The maximum absolute atomic E-state index is 15.5. The molecule has 106 heavy (non-hydrogen) atoms. The Morgan fingerprint density at radius 3 is 1.57 bits per heavy atom. The topological polar surface area (TPSA) is 363 Å². The summed E-state index contributed by atoms with van der Waals surface area (Å²) in [5.41, 5.74) is 1.22. The molecule has 3 aliphatic rings. The number of aliphatic hydroxyl groups is 1. The fraction of sp³-hybridized carbons (Fsp3) is 0.667. The number of benzene rings is 2. The Morgan fingerprint density at radius 1 is 0.481 bits per heavy atom. The SMILES string of the molecule is CC[C@H](C)[C@H]1C(=O)N[C@@H](Cc2ccccc2)C(=O)N(C)[C@@H](Cc2ccccc2)C(=O)N[C@@H]([C@@H](C)O)C(=O)N2CCC[C@H]2C(=O)N[C@@H](CC(C)C)C(=O)C[C@H](C(=O)N2CCCCC2)CC(=O)N[C@@H](C)C(=O)N[C@@H](C(C)C)C(=O)N(C)CC(=O)N[C@@H](CC(C)C)C(=O)N(C)[C@@H](CC(C)C)C(=O)N[C@@H](C)C(=O)N1C. The van der Waals surface area contributed by atoms with E-state index in [0.717, 1.165) is 16.2 Å². The first kappa shape index (κ1) is 87.8. The molecule has 2 aromatic rings. The molecule has 8 N–H and O–H groups in total. The number of nitrogens with one attached hydrogen (secondary N) is 7. The fourth-order valence-corrected chi connectivity index (χ4v) is 14.1. The number of carbonyl (C=O) groups excluding carboxylic acids is 14. The second-order valence-electron chi connectivity index (χ2n) is 31.0. The lowest BCUT2D eigenvalue weighted by Crippen LogP contribution is -2.62. The minimum Gasteiger partial charge on any atom is -0.391 e. The van der Waals surface area contributed by atoms with E-state index in [4.69, 9.17) is 0 Å². The van der Waals surface area contributed by atoms with Gasteiger partial charge in [0.25, 0.3) is 0 Å². The van der Waals surface area contributed by atoms with Crippen LogP contribution in [0.3, 0.4) is 0 Å². The summed E-state index contributed by atoms with van der Waals surface area (Å²) in [4.78, 5) is 213. The molecule has 3 saturated heterocycles. The number of aliphatic hydroxyl groups excluding tert-OH is 1. The Bertz CT molecular complexity index is 3360. The number of amides is 13. The summed E-state index contributed by atoms with van der Waals surface area (Å²) in [6, 6.07) is 3.13. The highest BCUT2D eigenvalue weighted by Crippen LogP contribution is 2.26. The standard InChI is InChI=1S/C78H121N13O15/c1-18-49(10)67-72(100)83-58(40-53-29-22-19-23-30-53)76(104)88(16)61(41-54-31-24-20-25-32-54)71(99)85-66(52(13)92)78(106)91-36-28-33-59(91)69(97)82-56(37-45(2)3)62(93)42-55(74(102)90-34-26-21-27-35-90)43-63(94)79-50(11)68(96)84-65(48(8)9)77(105)86(14)44-64(95)81-57(38-46(4)5)75(103)87(15)60(39-47(6)7)70(98)80-51(12)73(101)89(67)17/h19-20,22-25,29-32,45-52,55-61,65-67,92H,18,21,26-28,33-44H2,1-17H3,(H,79,94)(H,80,98)(H,81,95)(H,82,97)(H,83,100)(H,84,96)(H,85,99)/t49-,50-,51-,52+,55-,56-,57-,58-,59-,60-,61-,65-,66-,67-/m0/s1. The number of Topliss-reactive ketones (excluding diaryl/α,β-unsaturated/α-hetero) is 1. The third kappa shape index (κ3) is 25.2. The van der Waals surface area contributed by atoms with Crippen molar-refractivity contribution >= 4 is 82.6 Å². The summed E-state index contributed by atoms with van der Waals surface area (Å²) in [5, 5.41) is 30.9. The van der Waals surface area contributed by atoms with Gasteiger partial charge in [-0.15, -0.1) is 0 Å². The van der Waals surface area contributed by atoms with Gasteiger partial charge in [0, 0.05) is 73.5 Å². The molecular weight excluding hydrogens is 1360 g/mol. The van der Waals surface area contributed by atoms with Gasteiger partial charge in [0.1, 0.15) is 60.4 Å². The van der Waals surface area contributed by atoms with Crippen LogP contribution < -0.4 is 37.2 Å². The minimum absolute atomic E-state index is 0.0111. The lowest BCUT2D eigenvalue weighted by atomic mass is 9.90. The highest BCUT2D eigenvalue weighted by atomic mass is 16.3. The molecule has 13 amide bonds. The van der Waals surface area contributed by atoms with E-state index in [1.54, 1.807) is 86.3 Å². The Balaban J connectivity index is 1.61. The van der Waals surface area contributed by atoms with Gasteiger partial charge in [-0.1, -0.05) is 136 Å². The van der Waals surface area contributed by atoms with Crippen LogP contribution in [0.2, 0.25) is 0 Å². The summed E-state index contributed by atoms with van der Waals surface area (Å²) < 4.78 is 0. The number of likely N-dealkylation sites (N-methyl/N-ethyl adjacent to an activating group) is 4. The number of carbonyl (C=O) groups is 14. The molecule has 5 rings (SSSR count).